The van der Waals surface area contributed by atoms with Crippen LogP contribution in [0.2, 0.25) is 0 Å². The third kappa shape index (κ3) is 3.35. The number of nitrogens with zero attached hydrogens (tertiary/aromatic N) is 1. The van der Waals surface area contributed by atoms with Crippen LogP contribution in [-0.4, -0.2) is 17.7 Å². The molecule has 0 aromatic heterocycles. The van der Waals surface area contributed by atoms with Crippen LogP contribution in [-0.2, 0) is 20.8 Å². The first-order valence-electron chi connectivity index (χ1n) is 7.83. The van der Waals surface area contributed by atoms with E-state index in [0.717, 1.165) is 5.56 Å². The van der Waals surface area contributed by atoms with Crippen molar-refractivity contribution >= 4 is 29.1 Å². The molecule has 1 heterocycles. The summed E-state index contributed by atoms with van der Waals surface area (Å²) < 4.78 is 0. The maximum atomic E-state index is 12.7. The maximum Gasteiger partial charge on any atom is 0.237 e. The van der Waals surface area contributed by atoms with Crippen molar-refractivity contribution in [1.82, 2.24) is 0 Å². The number of anilines is 2. The summed E-state index contributed by atoms with van der Waals surface area (Å²) in [5.41, 5.74) is 2.09. The Balaban J connectivity index is 1.80. The predicted octanol–water partition coefficient (Wildman–Crippen LogP) is 2.77. The Bertz CT molecular complexity index is 786. The number of imide groups is 1. The third-order valence-electron chi connectivity index (χ3n) is 3.99. The minimum absolute atomic E-state index is 0.191. The van der Waals surface area contributed by atoms with Crippen LogP contribution in [0.25, 0.3) is 0 Å². The van der Waals surface area contributed by atoms with Gasteiger partial charge in [0.05, 0.1) is 11.6 Å². The minimum Gasteiger partial charge on any atom is -0.326 e. The number of benzene rings is 2. The first-order valence-corrected chi connectivity index (χ1v) is 7.83. The number of hydrogen-bond acceptors (Lipinski definition) is 3. The summed E-state index contributed by atoms with van der Waals surface area (Å²) in [6, 6.07) is 16.5. The Labute approximate surface area is 140 Å². The Kier molecular flexibility index (Phi) is 4.42. The van der Waals surface area contributed by atoms with Gasteiger partial charge in [-0.3, -0.25) is 19.3 Å². The largest absolute Gasteiger partial charge is 0.326 e. The van der Waals surface area contributed by atoms with E-state index in [-0.39, 0.29) is 30.1 Å². The van der Waals surface area contributed by atoms with Crippen LogP contribution >= 0.6 is 0 Å². The zero-order chi connectivity index (χ0) is 17.1. The quantitative estimate of drug-likeness (QED) is 0.880. The summed E-state index contributed by atoms with van der Waals surface area (Å²) in [5, 5.41) is 2.66. The second-order valence-corrected chi connectivity index (χ2v) is 5.89. The van der Waals surface area contributed by atoms with Crippen LogP contribution in [0.4, 0.5) is 11.4 Å². The van der Waals surface area contributed by atoms with Gasteiger partial charge >= 0.3 is 0 Å². The highest BCUT2D eigenvalue weighted by atomic mass is 16.2. The number of hydrogen-bond donors (Lipinski definition) is 1. The van der Waals surface area contributed by atoms with E-state index in [1.807, 2.05) is 30.3 Å². The molecule has 0 unspecified atom stereocenters. The Hall–Kier alpha value is -2.95. The van der Waals surface area contributed by atoms with Crippen LogP contribution in [0.15, 0.2) is 54.6 Å². The maximum absolute atomic E-state index is 12.7. The van der Waals surface area contributed by atoms with E-state index in [2.05, 4.69) is 5.32 Å². The SMILES string of the molecule is CC(=O)Nc1cccc(N2C(=O)C[C@H](Cc3ccccc3)C2=O)c1. The van der Waals surface area contributed by atoms with Gasteiger partial charge in [0.1, 0.15) is 0 Å². The normalized spacial score (nSPS) is 17.2. The molecule has 5 nitrogen and oxygen atoms in total. The molecule has 1 fully saturated rings. The van der Waals surface area contributed by atoms with E-state index in [1.165, 1.54) is 11.8 Å². The number of carbonyl (C=O) groups is 3. The van der Waals surface area contributed by atoms with E-state index >= 15 is 0 Å². The van der Waals surface area contributed by atoms with Crippen LogP contribution in [0.1, 0.15) is 18.9 Å². The first-order chi connectivity index (χ1) is 11.5. The molecule has 0 aliphatic carbocycles. The number of rotatable bonds is 4. The molecule has 5 heteroatoms. The molecule has 3 rings (SSSR count). The van der Waals surface area contributed by atoms with Crippen LogP contribution in [0, 0.1) is 5.92 Å². The molecular formula is C19H18N2O3. The summed E-state index contributed by atoms with van der Waals surface area (Å²) in [6.07, 6.45) is 0.755. The molecular weight excluding hydrogens is 304 g/mol. The number of nitrogens with one attached hydrogen (secondary N) is 1. The average molecular weight is 322 g/mol. The van der Waals surface area contributed by atoms with Gasteiger partial charge in [-0.25, -0.2) is 0 Å². The second kappa shape index (κ2) is 6.66. The molecule has 1 aliphatic rings. The summed E-state index contributed by atoms with van der Waals surface area (Å²) in [4.78, 5) is 37.4. The zero-order valence-corrected chi connectivity index (χ0v) is 13.4. The van der Waals surface area contributed by atoms with E-state index < -0.39 is 0 Å². The van der Waals surface area contributed by atoms with Crippen molar-refractivity contribution in [2.45, 2.75) is 19.8 Å². The standard InChI is InChI=1S/C19H18N2O3/c1-13(22)20-16-8-5-9-17(12-16)21-18(23)11-15(19(21)24)10-14-6-3-2-4-7-14/h2-9,12,15H,10-11H2,1H3,(H,20,22)/t15-/m0/s1. The van der Waals surface area contributed by atoms with Crippen molar-refractivity contribution in [2.24, 2.45) is 5.92 Å². The van der Waals surface area contributed by atoms with Gasteiger partial charge in [0, 0.05) is 19.0 Å². The molecule has 1 atom stereocenters. The number of carbonyl (C=O) groups excluding carboxylic acids is 3. The molecule has 3 amide bonds. The summed E-state index contributed by atoms with van der Waals surface area (Å²) >= 11 is 0. The van der Waals surface area contributed by atoms with E-state index in [4.69, 9.17) is 0 Å². The molecule has 0 radical (unpaired) electrons. The van der Waals surface area contributed by atoms with Crippen molar-refractivity contribution < 1.29 is 14.4 Å². The monoisotopic (exact) mass is 322 g/mol. The van der Waals surface area contributed by atoms with Gasteiger partial charge in [0.25, 0.3) is 0 Å². The van der Waals surface area contributed by atoms with E-state index in [0.29, 0.717) is 17.8 Å². The zero-order valence-electron chi connectivity index (χ0n) is 13.4. The second-order valence-electron chi connectivity index (χ2n) is 5.89. The van der Waals surface area contributed by atoms with E-state index in [9.17, 15) is 14.4 Å². The van der Waals surface area contributed by atoms with Gasteiger partial charge in [-0.05, 0) is 30.2 Å². The topological polar surface area (TPSA) is 66.5 Å². The smallest absolute Gasteiger partial charge is 0.237 e. The molecule has 1 N–H and O–H groups in total. The van der Waals surface area contributed by atoms with Crippen molar-refractivity contribution in [3.63, 3.8) is 0 Å². The first kappa shape index (κ1) is 15.9. The molecule has 1 aliphatic heterocycles. The van der Waals surface area contributed by atoms with Gasteiger partial charge in [-0.15, -0.1) is 0 Å². The third-order valence-corrected chi connectivity index (χ3v) is 3.99. The van der Waals surface area contributed by atoms with E-state index in [1.54, 1.807) is 24.3 Å². The fraction of sp³-hybridized carbons (Fsp3) is 0.211. The average Bonchev–Trinajstić information content (AvgIpc) is 2.82. The highest BCUT2D eigenvalue weighted by Gasteiger charge is 2.39. The Morgan fingerprint density at radius 3 is 2.58 bits per heavy atom. The lowest BCUT2D eigenvalue weighted by Gasteiger charge is -2.16. The molecule has 24 heavy (non-hydrogen) atoms. The van der Waals surface area contributed by atoms with Crippen LogP contribution < -0.4 is 10.2 Å². The van der Waals surface area contributed by atoms with Crippen molar-refractivity contribution in [3.8, 4) is 0 Å². The minimum atomic E-state index is -0.343. The summed E-state index contributed by atoms with van der Waals surface area (Å²) in [7, 11) is 0. The molecule has 122 valence electrons. The summed E-state index contributed by atoms with van der Waals surface area (Å²) in [6.45, 7) is 1.41. The lowest BCUT2D eigenvalue weighted by Crippen LogP contribution is -2.30. The van der Waals surface area contributed by atoms with Crippen molar-refractivity contribution in [1.29, 1.82) is 0 Å². The number of amides is 3. The predicted molar refractivity (Wildman–Crippen MR) is 91.5 cm³/mol. The lowest BCUT2D eigenvalue weighted by atomic mass is 9.98. The van der Waals surface area contributed by atoms with Crippen LogP contribution in [0.5, 0.6) is 0 Å². The highest BCUT2D eigenvalue weighted by molar-refractivity contribution is 6.21. The fourth-order valence-electron chi connectivity index (χ4n) is 2.95. The van der Waals surface area contributed by atoms with Crippen molar-refractivity contribution in [2.75, 3.05) is 10.2 Å². The molecule has 1 saturated heterocycles. The fourth-order valence-corrected chi connectivity index (χ4v) is 2.95. The lowest BCUT2D eigenvalue weighted by molar-refractivity contribution is -0.122. The van der Waals surface area contributed by atoms with Gasteiger partial charge in [-0.2, -0.15) is 0 Å². The van der Waals surface area contributed by atoms with Gasteiger partial charge in [0.15, 0.2) is 0 Å². The van der Waals surface area contributed by atoms with Gasteiger partial charge in [0.2, 0.25) is 17.7 Å². The molecule has 0 saturated carbocycles. The van der Waals surface area contributed by atoms with Gasteiger partial charge in [-0.1, -0.05) is 36.4 Å². The molecule has 0 bridgehead atoms. The van der Waals surface area contributed by atoms with Crippen molar-refractivity contribution in [3.05, 3.63) is 60.2 Å². The molecule has 0 spiro atoms. The summed E-state index contributed by atoms with van der Waals surface area (Å²) in [5.74, 6) is -0.942. The van der Waals surface area contributed by atoms with Crippen LogP contribution in [0.3, 0.4) is 0 Å². The van der Waals surface area contributed by atoms with Gasteiger partial charge < -0.3 is 5.32 Å². The highest BCUT2D eigenvalue weighted by Crippen LogP contribution is 2.30. The molecule has 2 aromatic rings. The molecule has 2 aromatic carbocycles. The Morgan fingerprint density at radius 2 is 1.88 bits per heavy atom. The Morgan fingerprint density at radius 1 is 1.12 bits per heavy atom.